The zero-order valence-electron chi connectivity index (χ0n) is 17.7. The van der Waals surface area contributed by atoms with Crippen molar-refractivity contribution in [3.8, 4) is 0 Å². The lowest BCUT2D eigenvalue weighted by atomic mass is 9.98. The molecular weight excluding hydrogens is 429 g/mol. The lowest BCUT2D eigenvalue weighted by Gasteiger charge is -2.24. The summed E-state index contributed by atoms with van der Waals surface area (Å²) in [5.41, 5.74) is -0.274. The Morgan fingerprint density at radius 1 is 1.22 bits per heavy atom. The summed E-state index contributed by atoms with van der Waals surface area (Å²) >= 11 is 0. The summed E-state index contributed by atoms with van der Waals surface area (Å²) in [5, 5.41) is 39.2. The van der Waals surface area contributed by atoms with Gasteiger partial charge in [-0.3, -0.25) is 4.79 Å². The van der Waals surface area contributed by atoms with Crippen LogP contribution in [0.4, 0.5) is 13.2 Å². The van der Waals surface area contributed by atoms with Gasteiger partial charge in [0.05, 0.1) is 36.6 Å². The summed E-state index contributed by atoms with van der Waals surface area (Å²) in [6.45, 7) is -0.105. The minimum Gasteiger partial charge on any atom is -0.481 e. The van der Waals surface area contributed by atoms with Crippen LogP contribution in [0.5, 0.6) is 0 Å². The molecule has 0 aromatic heterocycles. The van der Waals surface area contributed by atoms with Crippen molar-refractivity contribution in [3.05, 3.63) is 47.5 Å². The van der Waals surface area contributed by atoms with E-state index >= 15 is 0 Å². The first-order valence-electron chi connectivity index (χ1n) is 10.8. The summed E-state index contributed by atoms with van der Waals surface area (Å²) in [6.07, 6.45) is -1.78. The third kappa shape index (κ3) is 8.54. The molecule has 32 heavy (non-hydrogen) atoms. The number of allylic oxidation sites excluding steroid dienone is 2. The van der Waals surface area contributed by atoms with Gasteiger partial charge in [0.2, 0.25) is 0 Å². The Balaban J connectivity index is 1.80. The Morgan fingerprint density at radius 3 is 2.66 bits per heavy atom. The molecule has 1 aliphatic rings. The van der Waals surface area contributed by atoms with Crippen molar-refractivity contribution >= 4 is 5.97 Å². The molecule has 2 rings (SSSR count). The van der Waals surface area contributed by atoms with Crippen molar-refractivity contribution in [3.63, 3.8) is 0 Å². The zero-order valence-corrected chi connectivity index (χ0v) is 17.7. The van der Waals surface area contributed by atoms with Crippen LogP contribution in [-0.2, 0) is 22.1 Å². The fourth-order valence-electron chi connectivity index (χ4n) is 3.87. The highest BCUT2D eigenvalue weighted by molar-refractivity contribution is 5.66. The van der Waals surface area contributed by atoms with E-state index in [0.717, 1.165) is 12.1 Å². The third-order valence-corrected chi connectivity index (χ3v) is 5.62. The lowest BCUT2D eigenvalue weighted by molar-refractivity contribution is -0.138. The molecule has 180 valence electrons. The van der Waals surface area contributed by atoms with E-state index < -0.39 is 42.1 Å². The number of carboxylic acid groups (broad SMARTS) is 1. The first-order chi connectivity index (χ1) is 15.1. The Kier molecular flexibility index (Phi) is 10.1. The number of ether oxygens (including phenoxy) is 1. The van der Waals surface area contributed by atoms with E-state index in [-0.39, 0.29) is 38.2 Å². The molecule has 1 saturated carbocycles. The number of carbonyl (C=O) groups is 1. The average Bonchev–Trinajstić information content (AvgIpc) is 2.99. The molecule has 0 amide bonds. The van der Waals surface area contributed by atoms with E-state index in [4.69, 9.17) is 9.84 Å². The second-order valence-electron chi connectivity index (χ2n) is 8.22. The van der Waals surface area contributed by atoms with Crippen molar-refractivity contribution < 1.29 is 43.1 Å². The molecule has 0 aliphatic heterocycles. The minimum atomic E-state index is -4.42. The van der Waals surface area contributed by atoms with Crippen LogP contribution in [0, 0.1) is 5.92 Å². The maximum absolute atomic E-state index is 12.8. The second-order valence-corrected chi connectivity index (χ2v) is 8.22. The van der Waals surface area contributed by atoms with Crippen molar-refractivity contribution in [1.82, 2.24) is 0 Å². The van der Waals surface area contributed by atoms with Crippen LogP contribution in [0.3, 0.4) is 0 Å². The second kappa shape index (κ2) is 12.3. The van der Waals surface area contributed by atoms with Crippen LogP contribution < -0.4 is 0 Å². The molecule has 4 unspecified atom stereocenters. The Hall–Kier alpha value is -1.94. The van der Waals surface area contributed by atoms with Gasteiger partial charge in [-0.15, -0.1) is 0 Å². The van der Waals surface area contributed by atoms with Gasteiger partial charge in [-0.2, -0.15) is 13.2 Å². The van der Waals surface area contributed by atoms with E-state index in [1.54, 1.807) is 6.07 Å². The predicted octanol–water partition coefficient (Wildman–Crippen LogP) is 3.33. The lowest BCUT2D eigenvalue weighted by Crippen LogP contribution is -2.33. The number of aryl methyl sites for hydroxylation is 1. The number of aliphatic carboxylic acids is 1. The van der Waals surface area contributed by atoms with Crippen LogP contribution >= 0.6 is 0 Å². The number of aliphatic hydroxyl groups is 3. The Morgan fingerprint density at radius 2 is 1.97 bits per heavy atom. The van der Waals surface area contributed by atoms with Crippen LogP contribution in [0.2, 0.25) is 0 Å². The molecule has 1 aromatic rings. The smallest absolute Gasteiger partial charge is 0.416 e. The van der Waals surface area contributed by atoms with Gasteiger partial charge in [0.25, 0.3) is 0 Å². The van der Waals surface area contributed by atoms with Crippen molar-refractivity contribution in [2.24, 2.45) is 5.92 Å². The SMILES string of the molecule is O=C(O)CCC/C=C\C[C@H]1C(O)CC(O)C1OCC(O)CCc1cccc(C(F)(F)F)c1. The van der Waals surface area contributed by atoms with Crippen molar-refractivity contribution in [2.75, 3.05) is 6.61 Å². The molecule has 6 nitrogen and oxygen atoms in total. The van der Waals surface area contributed by atoms with E-state index in [0.29, 0.717) is 24.8 Å². The summed E-state index contributed by atoms with van der Waals surface area (Å²) in [4.78, 5) is 10.5. The number of hydrogen-bond donors (Lipinski definition) is 4. The monoisotopic (exact) mass is 460 g/mol. The largest absolute Gasteiger partial charge is 0.481 e. The zero-order chi connectivity index (χ0) is 23.7. The topological polar surface area (TPSA) is 107 Å². The fraction of sp³-hybridized carbons (Fsp3) is 0.609. The standard InChI is InChI=1S/C23H31F3O6/c24-23(25,26)16-7-5-6-15(12-16)10-11-17(27)14-32-22-18(19(28)13-20(22)29)8-3-1-2-4-9-21(30)31/h1,3,5-7,12,17-20,22,27-29H,2,4,8-11,13-14H2,(H,30,31)/b3-1-/t17?,18-,19?,20?,22?/m0/s1. The fourth-order valence-corrected chi connectivity index (χ4v) is 3.87. The molecular formula is C23H31F3O6. The number of hydrogen-bond acceptors (Lipinski definition) is 5. The van der Waals surface area contributed by atoms with Crippen LogP contribution in [-0.4, -0.2) is 57.4 Å². The van der Waals surface area contributed by atoms with Crippen molar-refractivity contribution in [2.45, 2.75) is 75.5 Å². The van der Waals surface area contributed by atoms with Crippen LogP contribution in [0.15, 0.2) is 36.4 Å². The molecule has 5 atom stereocenters. The average molecular weight is 460 g/mol. The van der Waals surface area contributed by atoms with Gasteiger partial charge in [-0.1, -0.05) is 30.4 Å². The Bertz CT molecular complexity index is 751. The minimum absolute atomic E-state index is 0.0826. The predicted molar refractivity (Wildman–Crippen MR) is 111 cm³/mol. The quantitative estimate of drug-likeness (QED) is 0.282. The molecule has 0 heterocycles. The van der Waals surface area contributed by atoms with Crippen molar-refractivity contribution in [1.29, 1.82) is 0 Å². The molecule has 0 spiro atoms. The van der Waals surface area contributed by atoms with E-state index in [1.165, 1.54) is 6.07 Å². The van der Waals surface area contributed by atoms with E-state index in [2.05, 4.69) is 0 Å². The normalized spacial score (nSPS) is 24.8. The van der Waals surface area contributed by atoms with Gasteiger partial charge in [0.15, 0.2) is 0 Å². The van der Waals surface area contributed by atoms with Gasteiger partial charge >= 0.3 is 12.1 Å². The van der Waals surface area contributed by atoms with E-state index in [1.807, 2.05) is 12.2 Å². The van der Waals surface area contributed by atoms with Gasteiger partial charge in [0, 0.05) is 18.8 Å². The maximum atomic E-state index is 12.8. The van der Waals surface area contributed by atoms with Gasteiger partial charge < -0.3 is 25.2 Å². The van der Waals surface area contributed by atoms with Crippen LogP contribution in [0.1, 0.15) is 49.7 Å². The number of rotatable bonds is 12. The molecule has 1 aromatic carbocycles. The van der Waals surface area contributed by atoms with Gasteiger partial charge in [0.1, 0.15) is 0 Å². The molecule has 0 saturated heterocycles. The summed E-state index contributed by atoms with van der Waals surface area (Å²) in [6, 6.07) is 4.95. The number of aliphatic hydroxyl groups excluding tert-OH is 3. The van der Waals surface area contributed by atoms with E-state index in [9.17, 15) is 33.3 Å². The first-order valence-corrected chi connectivity index (χ1v) is 10.8. The van der Waals surface area contributed by atoms with Crippen LogP contribution in [0.25, 0.3) is 0 Å². The summed E-state index contributed by atoms with van der Waals surface area (Å²) in [7, 11) is 0. The molecule has 1 aliphatic carbocycles. The Labute approximate surface area is 185 Å². The number of benzene rings is 1. The number of halogens is 3. The highest BCUT2D eigenvalue weighted by Crippen LogP contribution is 2.33. The maximum Gasteiger partial charge on any atom is 0.416 e. The molecule has 0 bridgehead atoms. The molecule has 0 radical (unpaired) electrons. The molecule has 1 fully saturated rings. The first kappa shape index (κ1) is 26.3. The molecule has 4 N–H and O–H groups in total. The highest BCUT2D eigenvalue weighted by Gasteiger charge is 2.42. The third-order valence-electron chi connectivity index (χ3n) is 5.62. The highest BCUT2D eigenvalue weighted by atomic mass is 19.4. The number of alkyl halides is 3. The van der Waals surface area contributed by atoms with Gasteiger partial charge in [-0.25, -0.2) is 0 Å². The number of unbranched alkanes of at least 4 members (excludes halogenated alkanes) is 1. The number of carboxylic acids is 1. The summed E-state index contributed by atoms with van der Waals surface area (Å²) in [5.74, 6) is -1.22. The van der Waals surface area contributed by atoms with Gasteiger partial charge in [-0.05, 0) is 43.7 Å². The summed E-state index contributed by atoms with van der Waals surface area (Å²) < 4.78 is 44.1. The molecule has 9 heteroatoms.